The van der Waals surface area contributed by atoms with Crippen molar-refractivity contribution in [1.29, 1.82) is 0 Å². The van der Waals surface area contributed by atoms with Crippen molar-refractivity contribution in [3.8, 4) is 0 Å². The highest BCUT2D eigenvalue weighted by Gasteiger charge is 2.32. The van der Waals surface area contributed by atoms with Crippen LogP contribution >= 0.6 is 11.6 Å². The smallest absolute Gasteiger partial charge is 0.270 e. The number of amides is 2. The Morgan fingerprint density at radius 1 is 1.30 bits per heavy atom. The molecule has 0 unspecified atom stereocenters. The number of anilines is 1. The van der Waals surface area contributed by atoms with Gasteiger partial charge in [-0.25, -0.2) is 4.98 Å². The number of aliphatic imine (C=N–C) groups is 1. The number of carbonyl (C=O) groups is 2. The predicted octanol–water partition coefficient (Wildman–Crippen LogP) is 3.73. The van der Waals surface area contributed by atoms with Crippen molar-refractivity contribution in [3.05, 3.63) is 57.6 Å². The Hall–Kier alpha value is -3.33. The highest BCUT2D eigenvalue weighted by atomic mass is 35.5. The molecule has 1 saturated heterocycles. The van der Waals surface area contributed by atoms with Crippen molar-refractivity contribution in [2.75, 3.05) is 18.8 Å². The van der Waals surface area contributed by atoms with E-state index in [0.29, 0.717) is 46.6 Å². The standard InChI is InChI=1S/C27H38ClN7O2/c1-8-9-23(36)34-13-17(14-34)33-26(37)24-16(4)32-22(35(24)15(2)3)12-31-25(30)18-10-19(27(5,6)7)20(28)11-21(18)29/h8-11,15,17H,12-14,29H2,1-7H3,(H2,30,31)(H,33,37)/b9-8+. The summed E-state index contributed by atoms with van der Waals surface area (Å²) >= 11 is 6.42. The molecule has 0 atom stereocenters. The van der Waals surface area contributed by atoms with Crippen molar-refractivity contribution < 1.29 is 9.59 Å². The van der Waals surface area contributed by atoms with Gasteiger partial charge in [-0.2, -0.15) is 0 Å². The molecule has 2 aromatic rings. The van der Waals surface area contributed by atoms with Crippen molar-refractivity contribution >= 4 is 34.9 Å². The summed E-state index contributed by atoms with van der Waals surface area (Å²) in [4.78, 5) is 36.0. The quantitative estimate of drug-likeness (QED) is 0.218. The number of nitrogens with two attached hydrogens (primary N) is 2. The predicted molar refractivity (Wildman–Crippen MR) is 149 cm³/mol. The number of nitrogen functional groups attached to an aromatic ring is 1. The van der Waals surface area contributed by atoms with Gasteiger partial charge in [-0.15, -0.1) is 0 Å². The molecule has 1 fully saturated rings. The van der Waals surface area contributed by atoms with Crippen LogP contribution in [0, 0.1) is 6.92 Å². The number of hydrogen-bond acceptors (Lipinski definition) is 5. The maximum Gasteiger partial charge on any atom is 0.270 e. The molecule has 5 N–H and O–H groups in total. The van der Waals surface area contributed by atoms with Gasteiger partial charge in [0.05, 0.1) is 18.3 Å². The molecule has 37 heavy (non-hydrogen) atoms. The maximum absolute atomic E-state index is 13.2. The third-order valence-corrected chi connectivity index (χ3v) is 6.65. The van der Waals surface area contributed by atoms with Crippen LogP contribution in [-0.4, -0.2) is 51.2 Å². The maximum atomic E-state index is 13.2. The molecule has 1 aromatic heterocycles. The number of carbonyl (C=O) groups excluding carboxylic acids is 2. The van der Waals surface area contributed by atoms with Crippen molar-refractivity contribution in [1.82, 2.24) is 19.8 Å². The second kappa shape index (κ2) is 11.0. The first-order valence-electron chi connectivity index (χ1n) is 12.4. The lowest BCUT2D eigenvalue weighted by atomic mass is 9.85. The summed E-state index contributed by atoms with van der Waals surface area (Å²) in [5.41, 5.74) is 15.5. The van der Waals surface area contributed by atoms with E-state index >= 15 is 0 Å². The number of aromatic nitrogens is 2. The zero-order valence-corrected chi connectivity index (χ0v) is 23.5. The highest BCUT2D eigenvalue weighted by molar-refractivity contribution is 6.32. The molecule has 9 nitrogen and oxygen atoms in total. The molecule has 10 heteroatoms. The van der Waals surface area contributed by atoms with E-state index in [9.17, 15) is 9.59 Å². The summed E-state index contributed by atoms with van der Waals surface area (Å²) in [6.07, 6.45) is 3.23. The minimum atomic E-state index is -0.221. The SMILES string of the molecule is C/C=C/C(=O)N1CC(NC(=O)c2c(C)nc(CN=C(N)c3cc(C(C)(C)C)c(Cl)cc3N)n2C(C)C)C1. The van der Waals surface area contributed by atoms with Gasteiger partial charge in [0.25, 0.3) is 5.91 Å². The average Bonchev–Trinajstić information content (AvgIpc) is 3.09. The van der Waals surface area contributed by atoms with Gasteiger partial charge < -0.3 is 26.3 Å². The highest BCUT2D eigenvalue weighted by Crippen LogP contribution is 2.33. The number of likely N-dealkylation sites (tertiary alicyclic amines) is 1. The number of imidazole rings is 1. The lowest BCUT2D eigenvalue weighted by Gasteiger charge is -2.39. The van der Waals surface area contributed by atoms with Crippen LogP contribution in [0.1, 0.15) is 80.7 Å². The summed E-state index contributed by atoms with van der Waals surface area (Å²) in [7, 11) is 0. The summed E-state index contributed by atoms with van der Waals surface area (Å²) in [6, 6.07) is 3.46. The molecule has 1 aliphatic heterocycles. The number of nitrogens with zero attached hydrogens (tertiary/aromatic N) is 4. The van der Waals surface area contributed by atoms with Crippen LogP contribution in [0.3, 0.4) is 0 Å². The molecular formula is C27H38ClN7O2. The molecule has 2 amide bonds. The summed E-state index contributed by atoms with van der Waals surface area (Å²) in [5, 5.41) is 3.61. The van der Waals surface area contributed by atoms with Crippen LogP contribution in [0.15, 0.2) is 29.3 Å². The van der Waals surface area contributed by atoms with Crippen molar-refractivity contribution in [3.63, 3.8) is 0 Å². The monoisotopic (exact) mass is 527 g/mol. The number of halogens is 1. The van der Waals surface area contributed by atoms with Crippen LogP contribution < -0.4 is 16.8 Å². The Morgan fingerprint density at radius 3 is 2.51 bits per heavy atom. The van der Waals surface area contributed by atoms with Gasteiger partial charge in [-0.1, -0.05) is 38.4 Å². The van der Waals surface area contributed by atoms with Gasteiger partial charge >= 0.3 is 0 Å². The first-order chi connectivity index (χ1) is 17.2. The number of aryl methyl sites for hydroxylation is 1. The van der Waals surface area contributed by atoms with Crippen molar-refractivity contribution in [2.45, 2.75) is 72.5 Å². The van der Waals surface area contributed by atoms with Crippen LogP contribution in [0.2, 0.25) is 5.02 Å². The van der Waals surface area contributed by atoms with Crippen LogP contribution in [-0.2, 0) is 16.8 Å². The number of nitrogens with one attached hydrogen (secondary N) is 1. The van der Waals surface area contributed by atoms with Crippen LogP contribution in [0.25, 0.3) is 0 Å². The molecule has 0 spiro atoms. The Kier molecular flexibility index (Phi) is 8.37. The first kappa shape index (κ1) is 28.2. The number of hydrogen-bond donors (Lipinski definition) is 3. The van der Waals surface area contributed by atoms with Gasteiger partial charge in [0.1, 0.15) is 17.4 Å². The second-order valence-electron chi connectivity index (χ2n) is 10.7. The fourth-order valence-corrected chi connectivity index (χ4v) is 4.88. The Balaban J connectivity index is 1.82. The van der Waals surface area contributed by atoms with Gasteiger partial charge in [0.15, 0.2) is 0 Å². The molecule has 3 rings (SSSR count). The molecule has 0 aliphatic carbocycles. The lowest BCUT2D eigenvalue weighted by Crippen LogP contribution is -2.60. The van der Waals surface area contributed by atoms with Crippen molar-refractivity contribution in [2.24, 2.45) is 10.7 Å². The molecule has 200 valence electrons. The third-order valence-electron chi connectivity index (χ3n) is 6.34. The third kappa shape index (κ3) is 6.15. The molecule has 0 bridgehead atoms. The molecule has 0 radical (unpaired) electrons. The summed E-state index contributed by atoms with van der Waals surface area (Å²) in [5.74, 6) is 0.636. The normalized spacial score (nSPS) is 14.9. The Bertz CT molecular complexity index is 1250. The molecule has 0 saturated carbocycles. The number of allylic oxidation sites excluding steroid dienone is 1. The minimum absolute atomic E-state index is 0.0318. The largest absolute Gasteiger partial charge is 0.398 e. The zero-order valence-electron chi connectivity index (χ0n) is 22.7. The fourth-order valence-electron chi connectivity index (χ4n) is 4.42. The van der Waals surface area contributed by atoms with Gasteiger partial charge in [0.2, 0.25) is 5.91 Å². The minimum Gasteiger partial charge on any atom is -0.398 e. The van der Waals surface area contributed by atoms with E-state index in [4.69, 9.17) is 23.1 Å². The first-order valence-corrected chi connectivity index (χ1v) is 12.8. The number of rotatable bonds is 7. The van der Waals surface area contributed by atoms with Gasteiger partial charge in [-0.3, -0.25) is 14.6 Å². The molecule has 1 aromatic carbocycles. The van der Waals surface area contributed by atoms with E-state index in [1.807, 2.05) is 24.5 Å². The molecular weight excluding hydrogens is 490 g/mol. The Morgan fingerprint density at radius 2 is 1.95 bits per heavy atom. The zero-order chi connectivity index (χ0) is 27.7. The van der Waals surface area contributed by atoms with Gasteiger partial charge in [-0.05, 0) is 56.9 Å². The molecule has 2 heterocycles. The van der Waals surface area contributed by atoms with E-state index in [0.717, 1.165) is 5.56 Å². The van der Waals surface area contributed by atoms with E-state index in [2.05, 4.69) is 36.1 Å². The molecule has 1 aliphatic rings. The Labute approximate surface area is 224 Å². The summed E-state index contributed by atoms with van der Waals surface area (Å²) < 4.78 is 1.88. The average molecular weight is 528 g/mol. The van der Waals surface area contributed by atoms with E-state index < -0.39 is 0 Å². The second-order valence-corrected chi connectivity index (χ2v) is 11.1. The van der Waals surface area contributed by atoms with E-state index in [1.165, 1.54) is 6.08 Å². The van der Waals surface area contributed by atoms with E-state index in [1.54, 1.807) is 30.9 Å². The fraction of sp³-hybridized carbons (Fsp3) is 0.481. The topological polar surface area (TPSA) is 132 Å². The lowest BCUT2D eigenvalue weighted by molar-refractivity contribution is -0.130. The number of amidine groups is 1. The van der Waals surface area contributed by atoms with Gasteiger partial charge in [0, 0.05) is 35.4 Å². The van der Waals surface area contributed by atoms with E-state index in [-0.39, 0.29) is 41.7 Å². The summed E-state index contributed by atoms with van der Waals surface area (Å²) in [6.45, 7) is 14.9. The van der Waals surface area contributed by atoms with Crippen LogP contribution in [0.5, 0.6) is 0 Å². The number of benzene rings is 1. The van der Waals surface area contributed by atoms with Crippen LogP contribution in [0.4, 0.5) is 5.69 Å².